The minimum absolute atomic E-state index is 0. The second kappa shape index (κ2) is 5.15. The minimum Gasteiger partial charge on any atom is -0.360 e. The third-order valence-electron chi connectivity index (χ3n) is 1.40. The summed E-state index contributed by atoms with van der Waals surface area (Å²) >= 11 is 0. The summed E-state index contributed by atoms with van der Waals surface area (Å²) in [7, 11) is 0. The molecule has 1 radical (unpaired) electrons. The van der Waals surface area contributed by atoms with Crippen LogP contribution >= 0.6 is 0 Å². The number of aromatic nitrogens is 3. The van der Waals surface area contributed by atoms with Gasteiger partial charge in [0.05, 0.1) is 0 Å². The molecule has 0 unspecified atom stereocenters. The van der Waals surface area contributed by atoms with Crippen molar-refractivity contribution in [3.63, 3.8) is 0 Å². The van der Waals surface area contributed by atoms with Crippen LogP contribution in [0.4, 0.5) is 0 Å². The van der Waals surface area contributed by atoms with Crippen molar-refractivity contribution in [3.8, 4) is 11.3 Å². The average molecular weight is 244 g/mol. The van der Waals surface area contributed by atoms with Crippen molar-refractivity contribution in [1.82, 2.24) is 15.2 Å². The van der Waals surface area contributed by atoms with Crippen molar-refractivity contribution in [2.24, 2.45) is 0 Å². The van der Waals surface area contributed by atoms with Gasteiger partial charge in [-0.2, -0.15) is 22.9 Å². The molecule has 0 atom stereocenters. The van der Waals surface area contributed by atoms with Crippen LogP contribution in [0, 0.1) is 12.3 Å². The van der Waals surface area contributed by atoms with Crippen molar-refractivity contribution in [1.29, 1.82) is 0 Å². The number of nitrogens with zero attached hydrogens (tertiary/aromatic N) is 3. The van der Waals surface area contributed by atoms with Gasteiger partial charge < -0.3 is 4.98 Å². The van der Waals surface area contributed by atoms with E-state index in [-0.39, 0.29) is 32.7 Å². The number of pyridine rings is 1. The molecule has 13 heavy (non-hydrogen) atoms. The molecule has 0 saturated heterocycles. The van der Waals surface area contributed by atoms with Crippen LogP contribution in [0.25, 0.3) is 11.3 Å². The Morgan fingerprint density at radius 3 is 2.77 bits per heavy atom. The van der Waals surface area contributed by atoms with Crippen molar-refractivity contribution < 1.29 is 32.7 Å². The Hall–Kier alpha value is -0.666. The number of hydrogen-bond acceptors (Lipinski definition) is 3. The zero-order chi connectivity index (χ0) is 8.23. The van der Waals surface area contributed by atoms with E-state index in [4.69, 9.17) is 0 Å². The molecule has 4 heteroatoms. The van der Waals surface area contributed by atoms with Gasteiger partial charge in [-0.25, -0.2) is 16.7 Å². The first kappa shape index (κ1) is 10.4. The Bertz CT molecular complexity index is 312. The Balaban J connectivity index is 0.000000845. The number of rotatable bonds is 1. The average Bonchev–Trinajstić information content (AvgIpc) is 2.21. The van der Waals surface area contributed by atoms with Crippen LogP contribution in [0.5, 0.6) is 0 Å². The topological polar surface area (TPSA) is 38.7 Å². The van der Waals surface area contributed by atoms with Gasteiger partial charge >= 0.3 is 0 Å². The monoisotopic (exact) mass is 244 g/mol. The maximum Gasteiger partial charge on any atom is 0 e. The first-order valence-corrected chi connectivity index (χ1v) is 3.49. The largest absolute Gasteiger partial charge is 0.360 e. The molecule has 0 aromatic carbocycles. The maximum absolute atomic E-state index is 4.09. The van der Waals surface area contributed by atoms with Gasteiger partial charge in [-0.3, -0.25) is 0 Å². The van der Waals surface area contributed by atoms with Gasteiger partial charge in [0.15, 0.2) is 0 Å². The third kappa shape index (κ3) is 2.64. The molecular formula is C9H5N3Y-2. The normalized spacial score (nSPS) is 8.92. The van der Waals surface area contributed by atoms with Gasteiger partial charge in [0.2, 0.25) is 0 Å². The van der Waals surface area contributed by atoms with E-state index < -0.39 is 0 Å². The van der Waals surface area contributed by atoms with Crippen LogP contribution in [0.15, 0.2) is 30.6 Å². The van der Waals surface area contributed by atoms with Crippen LogP contribution < -0.4 is 0 Å². The van der Waals surface area contributed by atoms with Gasteiger partial charge in [0.1, 0.15) is 0 Å². The van der Waals surface area contributed by atoms with Gasteiger partial charge in [-0.05, 0) is 12.4 Å². The summed E-state index contributed by atoms with van der Waals surface area (Å²) in [5.41, 5.74) is 1.55. The zero-order valence-corrected chi connectivity index (χ0v) is 9.64. The molecule has 0 aliphatic rings. The predicted octanol–water partition coefficient (Wildman–Crippen LogP) is 1.14. The van der Waals surface area contributed by atoms with Crippen LogP contribution in [0.2, 0.25) is 0 Å². The fourth-order valence-electron chi connectivity index (χ4n) is 0.865. The third-order valence-corrected chi connectivity index (χ3v) is 1.40. The summed E-state index contributed by atoms with van der Waals surface area (Å²) in [6, 6.07) is 8.39. The Labute approximate surface area is 101 Å². The second-order valence-corrected chi connectivity index (χ2v) is 2.19. The molecule has 0 aliphatic carbocycles. The van der Waals surface area contributed by atoms with Gasteiger partial charge in [0, 0.05) is 32.7 Å². The molecule has 2 rings (SSSR count). The Morgan fingerprint density at radius 2 is 2.15 bits per heavy atom. The standard InChI is InChI=1S/C9H5N3.Y/c1-2-5-10-9(3-1)8-4-6-11-12-7-8;/h1-2,4-6H;/q-2;. The molecule has 0 spiro atoms. The first-order valence-electron chi connectivity index (χ1n) is 3.49. The molecule has 61 valence electrons. The molecule has 3 nitrogen and oxygen atoms in total. The quantitative estimate of drug-likeness (QED) is 0.706. The molecule has 0 fully saturated rings. The van der Waals surface area contributed by atoms with E-state index >= 15 is 0 Å². The molecule has 2 aromatic rings. The summed E-state index contributed by atoms with van der Waals surface area (Å²) in [4.78, 5) is 4.09. The molecule has 0 aliphatic heterocycles. The molecule has 0 amide bonds. The van der Waals surface area contributed by atoms with E-state index in [1.54, 1.807) is 24.5 Å². The van der Waals surface area contributed by atoms with Crippen molar-refractivity contribution in [2.45, 2.75) is 0 Å². The van der Waals surface area contributed by atoms with Crippen molar-refractivity contribution in [2.75, 3.05) is 0 Å². The summed E-state index contributed by atoms with van der Waals surface area (Å²) in [5.74, 6) is 0. The van der Waals surface area contributed by atoms with Gasteiger partial charge in [-0.1, -0.05) is 0 Å². The Kier molecular flexibility index (Phi) is 4.12. The smallest absolute Gasteiger partial charge is 0 e. The first-order chi connectivity index (χ1) is 5.97. The molecule has 0 N–H and O–H groups in total. The molecule has 2 heterocycles. The molecule has 0 saturated carbocycles. The summed E-state index contributed by atoms with van der Waals surface area (Å²) in [6.07, 6.45) is 6.04. The summed E-state index contributed by atoms with van der Waals surface area (Å²) < 4.78 is 0. The molecular weight excluding hydrogens is 239 g/mol. The van der Waals surface area contributed by atoms with Crippen molar-refractivity contribution >= 4 is 0 Å². The van der Waals surface area contributed by atoms with E-state index in [1.807, 2.05) is 6.07 Å². The van der Waals surface area contributed by atoms with Gasteiger partial charge in [-0.15, -0.1) is 12.3 Å². The van der Waals surface area contributed by atoms with Crippen LogP contribution in [0.3, 0.4) is 0 Å². The van der Waals surface area contributed by atoms with E-state index in [0.29, 0.717) is 0 Å². The van der Waals surface area contributed by atoms with Crippen molar-refractivity contribution in [3.05, 3.63) is 42.9 Å². The summed E-state index contributed by atoms with van der Waals surface area (Å²) in [5, 5.41) is 7.25. The maximum atomic E-state index is 4.09. The van der Waals surface area contributed by atoms with Crippen LogP contribution in [-0.4, -0.2) is 15.2 Å². The van der Waals surface area contributed by atoms with E-state index in [1.165, 1.54) is 0 Å². The van der Waals surface area contributed by atoms with Gasteiger partial charge in [0.25, 0.3) is 0 Å². The van der Waals surface area contributed by atoms with Crippen LogP contribution in [0.1, 0.15) is 0 Å². The number of hydrogen-bond donors (Lipinski definition) is 0. The fraction of sp³-hybridized carbons (Fsp3) is 0. The fourth-order valence-corrected chi connectivity index (χ4v) is 0.865. The zero-order valence-electron chi connectivity index (χ0n) is 6.81. The molecule has 0 bridgehead atoms. The Morgan fingerprint density at radius 1 is 1.23 bits per heavy atom. The second-order valence-electron chi connectivity index (χ2n) is 2.19. The van der Waals surface area contributed by atoms with E-state index in [2.05, 4.69) is 27.4 Å². The van der Waals surface area contributed by atoms with E-state index in [0.717, 1.165) is 11.3 Å². The van der Waals surface area contributed by atoms with E-state index in [9.17, 15) is 0 Å². The SMILES string of the molecule is [Y].[c-]1nnccc1-c1[c-]cccn1. The predicted molar refractivity (Wildman–Crippen MR) is 42.9 cm³/mol. The van der Waals surface area contributed by atoms with Crippen LogP contribution in [-0.2, 0) is 32.7 Å². The molecule has 2 aromatic heterocycles. The minimum atomic E-state index is 0. The summed E-state index contributed by atoms with van der Waals surface area (Å²) in [6.45, 7) is 0.